The Hall–Kier alpha value is -2.89. The molecule has 0 N–H and O–H groups in total. The molecule has 0 amide bonds. The van der Waals surface area contributed by atoms with E-state index in [4.69, 9.17) is 14.2 Å². The molecule has 0 aliphatic heterocycles. The summed E-state index contributed by atoms with van der Waals surface area (Å²) in [6.45, 7) is 6.49. The van der Waals surface area contributed by atoms with Gasteiger partial charge in [-0.1, -0.05) is 242 Å². The Morgan fingerprint density at radius 1 is 0.339 bits per heavy atom. The molecule has 1 atom stereocenters. The maximum atomic E-state index is 12.8. The molecule has 0 rings (SSSR count). The lowest BCUT2D eigenvalue weighted by molar-refractivity contribution is -0.167. The Bertz CT molecular complexity index is 1130. The molecule has 0 aliphatic rings. The van der Waals surface area contributed by atoms with Crippen molar-refractivity contribution in [2.45, 2.75) is 264 Å². The maximum absolute atomic E-state index is 12.8. The summed E-state index contributed by atoms with van der Waals surface area (Å²) in [5, 5.41) is 0. The van der Waals surface area contributed by atoms with Crippen LogP contribution in [0.25, 0.3) is 0 Å². The van der Waals surface area contributed by atoms with Crippen molar-refractivity contribution in [3.63, 3.8) is 0 Å². The Labute approximate surface area is 383 Å². The third-order valence-electron chi connectivity index (χ3n) is 11.3. The predicted octanol–water partition coefficient (Wildman–Crippen LogP) is 17.3. The average Bonchev–Trinajstić information content (AvgIpc) is 3.27. The van der Waals surface area contributed by atoms with E-state index in [1.54, 1.807) is 0 Å². The van der Waals surface area contributed by atoms with Crippen LogP contribution in [0, 0.1) is 0 Å². The summed E-state index contributed by atoms with van der Waals surface area (Å²) in [6, 6.07) is 0. The molecule has 62 heavy (non-hydrogen) atoms. The molecule has 0 saturated heterocycles. The van der Waals surface area contributed by atoms with Crippen LogP contribution in [-0.4, -0.2) is 37.2 Å². The quantitative estimate of drug-likeness (QED) is 0.0262. The second-order valence-corrected chi connectivity index (χ2v) is 17.4. The first-order chi connectivity index (χ1) is 30.5. The predicted molar refractivity (Wildman–Crippen MR) is 265 cm³/mol. The lowest BCUT2D eigenvalue weighted by Crippen LogP contribution is -2.30. The summed E-state index contributed by atoms with van der Waals surface area (Å²) in [7, 11) is 0. The summed E-state index contributed by atoms with van der Waals surface area (Å²) in [5.41, 5.74) is 0. The molecular weight excluding hydrogens is 769 g/mol. The van der Waals surface area contributed by atoms with Gasteiger partial charge >= 0.3 is 17.9 Å². The number of hydrogen-bond acceptors (Lipinski definition) is 6. The van der Waals surface area contributed by atoms with Crippen molar-refractivity contribution in [2.75, 3.05) is 13.2 Å². The van der Waals surface area contributed by atoms with E-state index < -0.39 is 6.10 Å². The zero-order valence-corrected chi connectivity index (χ0v) is 40.9. The summed E-state index contributed by atoms with van der Waals surface area (Å²) < 4.78 is 16.8. The van der Waals surface area contributed by atoms with Crippen molar-refractivity contribution >= 4 is 17.9 Å². The molecule has 0 aromatic rings. The molecule has 0 radical (unpaired) electrons. The van der Waals surface area contributed by atoms with Gasteiger partial charge in [-0.2, -0.15) is 0 Å². The third-order valence-corrected chi connectivity index (χ3v) is 11.3. The minimum absolute atomic E-state index is 0.0883. The van der Waals surface area contributed by atoms with E-state index in [1.807, 2.05) is 0 Å². The first kappa shape index (κ1) is 59.1. The maximum Gasteiger partial charge on any atom is 0.306 e. The van der Waals surface area contributed by atoms with Gasteiger partial charge in [-0.15, -0.1) is 0 Å². The Kier molecular flexibility index (Phi) is 48.4. The SMILES string of the molecule is CC/C=C\C/C=C\C/C=C\C/C=C\C/C=C\CCCC(=O)OC[C@@H](COC(=O)CCCCCCCCCCCCCC)OC(=O)CCCCCCCCCCCCCCCCC. The number of allylic oxidation sites excluding steroid dienone is 10. The summed E-state index contributed by atoms with van der Waals surface area (Å²) >= 11 is 0. The highest BCUT2D eigenvalue weighted by Gasteiger charge is 2.19. The van der Waals surface area contributed by atoms with Gasteiger partial charge in [0.2, 0.25) is 0 Å². The highest BCUT2D eigenvalue weighted by Crippen LogP contribution is 2.16. The van der Waals surface area contributed by atoms with Gasteiger partial charge in [-0.05, 0) is 57.8 Å². The summed E-state index contributed by atoms with van der Waals surface area (Å²) in [4.78, 5) is 38.0. The van der Waals surface area contributed by atoms with E-state index in [0.29, 0.717) is 19.3 Å². The van der Waals surface area contributed by atoms with Gasteiger partial charge in [0.1, 0.15) is 13.2 Å². The molecule has 0 heterocycles. The second kappa shape index (κ2) is 50.8. The van der Waals surface area contributed by atoms with Crippen LogP contribution in [0.1, 0.15) is 258 Å². The number of carbonyl (C=O) groups is 3. The van der Waals surface area contributed by atoms with Gasteiger partial charge in [0.25, 0.3) is 0 Å². The fourth-order valence-electron chi connectivity index (χ4n) is 7.36. The Balaban J connectivity index is 4.44. The van der Waals surface area contributed by atoms with Gasteiger partial charge in [-0.25, -0.2) is 0 Å². The van der Waals surface area contributed by atoms with Crippen LogP contribution in [0.2, 0.25) is 0 Å². The standard InChI is InChI=1S/C56H98O6/c1-4-7-10-13-16-19-22-25-27-28-30-31-34-37-40-43-46-49-55(58)61-52-53(51-60-54(57)48-45-42-39-36-33-24-21-18-15-12-9-6-3)62-56(59)50-47-44-41-38-35-32-29-26-23-20-17-14-11-8-5-2/h7,10,16,19,25,27,30-31,37,40,53H,4-6,8-9,11-15,17-18,20-24,26,28-29,32-36,38-39,41-52H2,1-3H3/b10-7-,19-16-,27-25-,31-30-,40-37-/t53-/m1/s1. The van der Waals surface area contributed by atoms with Gasteiger partial charge in [0.05, 0.1) is 0 Å². The lowest BCUT2D eigenvalue weighted by atomic mass is 10.0. The Morgan fingerprint density at radius 3 is 0.984 bits per heavy atom. The van der Waals surface area contributed by atoms with Crippen molar-refractivity contribution in [1.29, 1.82) is 0 Å². The lowest BCUT2D eigenvalue weighted by Gasteiger charge is -2.18. The zero-order chi connectivity index (χ0) is 45.1. The van der Waals surface area contributed by atoms with Crippen molar-refractivity contribution in [3.8, 4) is 0 Å². The first-order valence-electron chi connectivity index (χ1n) is 26.3. The summed E-state index contributed by atoms with van der Waals surface area (Å²) in [5.74, 6) is -0.941. The van der Waals surface area contributed by atoms with Crippen LogP contribution in [-0.2, 0) is 28.6 Å². The molecule has 0 spiro atoms. The topological polar surface area (TPSA) is 78.9 Å². The van der Waals surface area contributed by atoms with Gasteiger partial charge in [0.15, 0.2) is 6.10 Å². The smallest absolute Gasteiger partial charge is 0.306 e. The van der Waals surface area contributed by atoms with Crippen molar-refractivity contribution in [1.82, 2.24) is 0 Å². The Morgan fingerprint density at radius 2 is 0.629 bits per heavy atom. The largest absolute Gasteiger partial charge is 0.462 e. The monoisotopic (exact) mass is 867 g/mol. The molecule has 0 unspecified atom stereocenters. The zero-order valence-electron chi connectivity index (χ0n) is 40.9. The minimum atomic E-state index is -0.792. The number of hydrogen-bond donors (Lipinski definition) is 0. The highest BCUT2D eigenvalue weighted by atomic mass is 16.6. The molecule has 0 aromatic heterocycles. The number of rotatable bonds is 47. The number of esters is 3. The molecule has 0 fully saturated rings. The van der Waals surface area contributed by atoms with Gasteiger partial charge in [-0.3, -0.25) is 14.4 Å². The van der Waals surface area contributed by atoms with Gasteiger partial charge in [0, 0.05) is 19.3 Å². The van der Waals surface area contributed by atoms with Crippen LogP contribution in [0.4, 0.5) is 0 Å². The number of unbranched alkanes of at least 4 members (excludes halogenated alkanes) is 26. The minimum Gasteiger partial charge on any atom is -0.462 e. The average molecular weight is 867 g/mol. The molecule has 0 bridgehead atoms. The van der Waals surface area contributed by atoms with Crippen molar-refractivity contribution in [3.05, 3.63) is 60.8 Å². The van der Waals surface area contributed by atoms with Crippen LogP contribution < -0.4 is 0 Å². The fourth-order valence-corrected chi connectivity index (χ4v) is 7.36. The third kappa shape index (κ3) is 48.1. The molecule has 358 valence electrons. The highest BCUT2D eigenvalue weighted by molar-refractivity contribution is 5.71. The van der Waals surface area contributed by atoms with E-state index in [1.165, 1.54) is 135 Å². The molecule has 0 aromatic carbocycles. The van der Waals surface area contributed by atoms with Crippen LogP contribution in [0.15, 0.2) is 60.8 Å². The van der Waals surface area contributed by atoms with E-state index in [-0.39, 0.29) is 37.5 Å². The van der Waals surface area contributed by atoms with Gasteiger partial charge < -0.3 is 14.2 Å². The normalized spacial score (nSPS) is 12.5. The van der Waals surface area contributed by atoms with Crippen LogP contribution in [0.5, 0.6) is 0 Å². The summed E-state index contributed by atoms with van der Waals surface area (Å²) in [6.07, 6.45) is 62.1. The second-order valence-electron chi connectivity index (χ2n) is 17.4. The van der Waals surface area contributed by atoms with Crippen molar-refractivity contribution in [2.24, 2.45) is 0 Å². The number of carbonyl (C=O) groups excluding carboxylic acids is 3. The molecular formula is C56H98O6. The molecule has 0 aliphatic carbocycles. The van der Waals surface area contributed by atoms with Crippen molar-refractivity contribution < 1.29 is 28.6 Å². The first-order valence-corrected chi connectivity index (χ1v) is 26.3. The molecule has 6 heteroatoms. The van der Waals surface area contributed by atoms with Crippen LogP contribution in [0.3, 0.4) is 0 Å². The van der Waals surface area contributed by atoms with Crippen LogP contribution >= 0.6 is 0 Å². The van der Waals surface area contributed by atoms with E-state index in [9.17, 15) is 14.4 Å². The van der Waals surface area contributed by atoms with E-state index in [2.05, 4.69) is 81.5 Å². The fraction of sp³-hybridized carbons (Fsp3) is 0.768. The molecule has 6 nitrogen and oxygen atoms in total. The number of ether oxygens (including phenoxy) is 3. The van der Waals surface area contributed by atoms with E-state index >= 15 is 0 Å². The van der Waals surface area contributed by atoms with E-state index in [0.717, 1.165) is 77.0 Å². The molecule has 0 saturated carbocycles.